The molecule has 1 heterocycles. The molecule has 13 aromatic rings. The normalized spacial score (nSPS) is 14.2. The summed E-state index contributed by atoms with van der Waals surface area (Å²) in [6.07, 6.45) is 0. The van der Waals surface area contributed by atoms with Crippen molar-refractivity contribution in [3.05, 3.63) is 270 Å². The van der Waals surface area contributed by atoms with Crippen molar-refractivity contribution in [2.24, 2.45) is 0 Å². The summed E-state index contributed by atoms with van der Waals surface area (Å²) in [7, 11) is 0. The van der Waals surface area contributed by atoms with Gasteiger partial charge in [-0.3, -0.25) is 0 Å². The van der Waals surface area contributed by atoms with Crippen LogP contribution in [0.1, 0.15) is 47.2 Å². The standard InChI is InChI=1S/C70H45NO/c1-69(2)57-30-10-5-23-49(57)55-29-17-34-62(68(55)69)71(44-36-37-50-48-22-8-13-33-60(48)70(61(50)41-44)58-31-11-6-20-46(58)47-21-7-12-32-59(47)70)43-19-15-18-42(40-43)45-27-16-28-52-54-38-39-64-67(56-26-9-14-35-63(56)72-64)66(54)53-25-4-3-24-51(53)65(45)52/h3-41H,1-2H3. The van der Waals surface area contributed by atoms with Crippen LogP contribution in [-0.4, -0.2) is 0 Å². The Bertz CT molecular complexity index is 4420. The molecule has 72 heavy (non-hydrogen) atoms. The Morgan fingerprint density at radius 3 is 1.53 bits per heavy atom. The third-order valence-corrected chi connectivity index (χ3v) is 16.8. The third kappa shape index (κ3) is 5.03. The van der Waals surface area contributed by atoms with Crippen LogP contribution in [-0.2, 0) is 10.8 Å². The van der Waals surface area contributed by atoms with Gasteiger partial charge in [-0.05, 0) is 153 Å². The van der Waals surface area contributed by atoms with Crippen LogP contribution in [0.2, 0.25) is 0 Å². The topological polar surface area (TPSA) is 16.4 Å². The molecule has 3 aliphatic rings. The summed E-state index contributed by atoms with van der Waals surface area (Å²) in [6.45, 7) is 4.81. The van der Waals surface area contributed by atoms with E-state index in [2.05, 4.69) is 255 Å². The molecule has 336 valence electrons. The highest BCUT2D eigenvalue weighted by molar-refractivity contribution is 6.36. The van der Waals surface area contributed by atoms with Gasteiger partial charge in [-0.1, -0.05) is 202 Å². The van der Waals surface area contributed by atoms with Crippen LogP contribution < -0.4 is 4.90 Å². The van der Waals surface area contributed by atoms with Crippen LogP contribution in [0.3, 0.4) is 0 Å². The Labute approximate surface area is 417 Å². The molecule has 2 heteroatoms. The Balaban J connectivity index is 0.964. The number of furan rings is 1. The minimum atomic E-state index is -0.474. The second kappa shape index (κ2) is 14.3. The molecule has 0 unspecified atom stereocenters. The van der Waals surface area contributed by atoms with Crippen molar-refractivity contribution in [2.75, 3.05) is 4.90 Å². The van der Waals surface area contributed by atoms with Crippen molar-refractivity contribution < 1.29 is 4.42 Å². The molecule has 0 radical (unpaired) electrons. The molecule has 0 atom stereocenters. The average molecular weight is 916 g/mol. The Morgan fingerprint density at radius 1 is 0.319 bits per heavy atom. The van der Waals surface area contributed by atoms with Gasteiger partial charge in [0.2, 0.25) is 0 Å². The summed E-state index contributed by atoms with van der Waals surface area (Å²) >= 11 is 0. The van der Waals surface area contributed by atoms with Crippen LogP contribution in [0.15, 0.2) is 241 Å². The lowest BCUT2D eigenvalue weighted by Crippen LogP contribution is -2.26. The molecule has 0 N–H and O–H groups in total. The monoisotopic (exact) mass is 915 g/mol. The number of anilines is 3. The maximum absolute atomic E-state index is 6.48. The number of para-hydroxylation sites is 1. The highest BCUT2D eigenvalue weighted by atomic mass is 16.3. The van der Waals surface area contributed by atoms with Crippen molar-refractivity contribution in [1.82, 2.24) is 0 Å². The van der Waals surface area contributed by atoms with E-state index in [9.17, 15) is 0 Å². The molecular formula is C70H45NO. The first-order chi connectivity index (χ1) is 35.5. The molecule has 12 aromatic carbocycles. The van der Waals surface area contributed by atoms with Gasteiger partial charge in [-0.25, -0.2) is 0 Å². The zero-order chi connectivity index (χ0) is 47.5. The quantitative estimate of drug-likeness (QED) is 0.164. The molecule has 0 saturated heterocycles. The molecule has 0 aliphatic heterocycles. The van der Waals surface area contributed by atoms with Crippen molar-refractivity contribution in [3.8, 4) is 44.5 Å². The summed E-state index contributed by atoms with van der Waals surface area (Å²) in [4.78, 5) is 2.57. The molecule has 0 amide bonds. The first-order valence-corrected chi connectivity index (χ1v) is 25.3. The zero-order valence-electron chi connectivity index (χ0n) is 39.9. The maximum atomic E-state index is 6.48. The predicted octanol–water partition coefficient (Wildman–Crippen LogP) is 18.8. The molecule has 16 rings (SSSR count). The van der Waals surface area contributed by atoms with Gasteiger partial charge in [-0.2, -0.15) is 0 Å². The first-order valence-electron chi connectivity index (χ1n) is 25.3. The smallest absolute Gasteiger partial charge is 0.136 e. The minimum Gasteiger partial charge on any atom is -0.456 e. The molecule has 3 aliphatic carbocycles. The Hall–Kier alpha value is -8.98. The molecule has 2 nitrogen and oxygen atoms in total. The number of nitrogens with zero attached hydrogens (tertiary/aromatic N) is 1. The van der Waals surface area contributed by atoms with E-state index in [1.54, 1.807) is 0 Å². The van der Waals surface area contributed by atoms with Crippen molar-refractivity contribution in [1.29, 1.82) is 0 Å². The van der Waals surface area contributed by atoms with Crippen LogP contribution >= 0.6 is 0 Å². The summed E-state index contributed by atoms with van der Waals surface area (Å²) in [5, 5.41) is 9.74. The number of rotatable bonds is 4. The molecular weight excluding hydrogens is 871 g/mol. The summed E-state index contributed by atoms with van der Waals surface area (Å²) < 4.78 is 6.48. The third-order valence-electron chi connectivity index (χ3n) is 16.8. The predicted molar refractivity (Wildman–Crippen MR) is 300 cm³/mol. The van der Waals surface area contributed by atoms with Gasteiger partial charge in [0.25, 0.3) is 0 Å². The van der Waals surface area contributed by atoms with E-state index in [1.807, 2.05) is 0 Å². The van der Waals surface area contributed by atoms with Crippen molar-refractivity contribution >= 4 is 71.3 Å². The molecule has 0 bridgehead atoms. The fraction of sp³-hybridized carbons (Fsp3) is 0.0571. The highest BCUT2D eigenvalue weighted by Crippen LogP contribution is 2.64. The van der Waals surface area contributed by atoms with E-state index >= 15 is 0 Å². The summed E-state index contributed by atoms with van der Waals surface area (Å²) in [6, 6.07) is 88.6. The fourth-order valence-corrected chi connectivity index (χ4v) is 14.0. The van der Waals surface area contributed by atoms with Gasteiger partial charge in [0.15, 0.2) is 0 Å². The zero-order valence-corrected chi connectivity index (χ0v) is 39.9. The SMILES string of the molecule is CC1(C)c2ccccc2-c2cccc(N(c3cccc(-c4cccc5c6ccc7oc8ccccc8c7c6c6ccccc6c45)c3)c3ccc4c(c3)C3(c5ccccc5-c5ccccc53)c3ccccc3-4)c21. The lowest BCUT2D eigenvalue weighted by Gasteiger charge is -2.34. The first kappa shape index (κ1) is 39.8. The average Bonchev–Trinajstić information content (AvgIpc) is 4.13. The fourth-order valence-electron chi connectivity index (χ4n) is 14.0. The molecule has 1 spiro atoms. The van der Waals surface area contributed by atoms with Crippen LogP contribution in [0.5, 0.6) is 0 Å². The van der Waals surface area contributed by atoms with Crippen molar-refractivity contribution in [2.45, 2.75) is 24.7 Å². The number of hydrogen-bond donors (Lipinski definition) is 0. The van der Waals surface area contributed by atoms with Crippen LogP contribution in [0, 0.1) is 0 Å². The van der Waals surface area contributed by atoms with Gasteiger partial charge in [0.1, 0.15) is 11.2 Å². The van der Waals surface area contributed by atoms with Gasteiger partial charge in [-0.15, -0.1) is 0 Å². The van der Waals surface area contributed by atoms with Gasteiger partial charge < -0.3 is 9.32 Å². The Morgan fingerprint density at radius 2 is 0.819 bits per heavy atom. The van der Waals surface area contributed by atoms with Gasteiger partial charge >= 0.3 is 0 Å². The molecule has 0 fully saturated rings. The van der Waals surface area contributed by atoms with Gasteiger partial charge in [0, 0.05) is 32.9 Å². The largest absolute Gasteiger partial charge is 0.456 e. The lowest BCUT2D eigenvalue weighted by molar-refractivity contribution is 0.661. The van der Waals surface area contributed by atoms with E-state index < -0.39 is 5.41 Å². The summed E-state index contributed by atoms with van der Waals surface area (Å²) in [5.41, 5.74) is 22.8. The lowest BCUT2D eigenvalue weighted by atomic mass is 9.70. The maximum Gasteiger partial charge on any atom is 0.136 e. The van der Waals surface area contributed by atoms with E-state index in [0.717, 1.165) is 27.9 Å². The number of hydrogen-bond acceptors (Lipinski definition) is 2. The van der Waals surface area contributed by atoms with E-state index in [4.69, 9.17) is 4.42 Å². The van der Waals surface area contributed by atoms with Crippen LogP contribution in [0.25, 0.3) is 98.8 Å². The second-order valence-electron chi connectivity index (χ2n) is 20.6. The number of fused-ring (bicyclic) bond motifs is 23. The van der Waals surface area contributed by atoms with E-state index in [0.29, 0.717) is 0 Å². The number of benzene rings is 12. The molecule has 1 aromatic heterocycles. The van der Waals surface area contributed by atoms with Crippen molar-refractivity contribution in [3.63, 3.8) is 0 Å². The Kier molecular flexibility index (Phi) is 7.92. The summed E-state index contributed by atoms with van der Waals surface area (Å²) in [5.74, 6) is 0. The van der Waals surface area contributed by atoms with Crippen LogP contribution in [0.4, 0.5) is 17.1 Å². The minimum absolute atomic E-state index is 0.253. The van der Waals surface area contributed by atoms with Gasteiger partial charge in [0.05, 0.1) is 11.1 Å². The van der Waals surface area contributed by atoms with E-state index in [-0.39, 0.29) is 5.41 Å². The van der Waals surface area contributed by atoms with E-state index in [1.165, 1.54) is 121 Å². The molecule has 0 saturated carbocycles. The second-order valence-corrected chi connectivity index (χ2v) is 20.6. The highest BCUT2D eigenvalue weighted by Gasteiger charge is 2.52.